The Kier molecular flexibility index (Phi) is 4.30. The monoisotopic (exact) mass is 211 g/mol. The van der Waals surface area contributed by atoms with Crippen LogP contribution in [0.25, 0.3) is 0 Å². The molecular weight excluding hydrogens is 194 g/mol. The molecule has 0 spiro atoms. The molecule has 1 amide bonds. The lowest BCUT2D eigenvalue weighted by atomic mass is 10.2. The van der Waals surface area contributed by atoms with Gasteiger partial charge >= 0.3 is 0 Å². The van der Waals surface area contributed by atoms with Crippen molar-refractivity contribution in [3.63, 3.8) is 0 Å². The molecule has 0 saturated carbocycles. The Labute approximate surface area is 89.4 Å². The van der Waals surface area contributed by atoms with Crippen molar-refractivity contribution in [1.29, 1.82) is 0 Å². The van der Waals surface area contributed by atoms with Gasteiger partial charge in [0.2, 0.25) is 0 Å². The van der Waals surface area contributed by atoms with Crippen LogP contribution in [0.15, 0.2) is 12.3 Å². The fraction of sp³-hybridized carbons (Fsp3) is 0.600. The number of hydrogen-bond acceptors (Lipinski definition) is 3. The van der Waals surface area contributed by atoms with Gasteiger partial charge in [0, 0.05) is 25.9 Å². The van der Waals surface area contributed by atoms with Gasteiger partial charge in [0.25, 0.3) is 5.91 Å². The Hall–Kier alpha value is -1.36. The summed E-state index contributed by atoms with van der Waals surface area (Å²) in [6.45, 7) is 4.32. The van der Waals surface area contributed by atoms with Gasteiger partial charge in [-0.3, -0.25) is 9.48 Å². The lowest BCUT2D eigenvalue weighted by Crippen LogP contribution is -2.30. The lowest BCUT2D eigenvalue weighted by molar-refractivity contribution is -0.127. The largest absolute Gasteiger partial charge is 0.369 e. The molecule has 5 heteroatoms. The predicted octanol–water partition coefficient (Wildman–Crippen LogP) is 1.17. The summed E-state index contributed by atoms with van der Waals surface area (Å²) in [5.41, 5.74) is 0. The number of nitrogens with zero attached hydrogens (tertiary/aromatic N) is 2. The van der Waals surface area contributed by atoms with E-state index in [1.807, 2.05) is 13.8 Å². The van der Waals surface area contributed by atoms with Gasteiger partial charge in [-0.05, 0) is 13.3 Å². The molecule has 0 aliphatic rings. The maximum absolute atomic E-state index is 11.7. The highest BCUT2D eigenvalue weighted by atomic mass is 16.5. The summed E-state index contributed by atoms with van der Waals surface area (Å²) in [4.78, 5) is 11.7. The SMILES string of the molecule is CCO[C@@H](CC)C(=O)Nc1ccn(C)n1. The van der Waals surface area contributed by atoms with Crippen LogP contribution in [0, 0.1) is 0 Å². The highest BCUT2D eigenvalue weighted by molar-refractivity contribution is 5.93. The van der Waals surface area contributed by atoms with Crippen molar-refractivity contribution in [3.8, 4) is 0 Å². The van der Waals surface area contributed by atoms with Gasteiger partial charge in [-0.1, -0.05) is 6.92 Å². The maximum atomic E-state index is 11.7. The van der Waals surface area contributed by atoms with E-state index in [1.54, 1.807) is 24.0 Å². The number of aryl methyl sites for hydroxylation is 1. The fourth-order valence-corrected chi connectivity index (χ4v) is 1.27. The average Bonchev–Trinajstić information content (AvgIpc) is 2.60. The lowest BCUT2D eigenvalue weighted by Gasteiger charge is -2.13. The Morgan fingerprint density at radius 3 is 2.87 bits per heavy atom. The summed E-state index contributed by atoms with van der Waals surface area (Å²) in [5, 5.41) is 6.76. The third-order valence-electron chi connectivity index (χ3n) is 2.00. The van der Waals surface area contributed by atoms with Crippen LogP contribution >= 0.6 is 0 Å². The van der Waals surface area contributed by atoms with Crippen LogP contribution in [0.5, 0.6) is 0 Å². The van der Waals surface area contributed by atoms with Crippen molar-refractivity contribution in [2.45, 2.75) is 26.4 Å². The maximum Gasteiger partial charge on any atom is 0.254 e. The summed E-state index contributed by atoms with van der Waals surface area (Å²) in [6.07, 6.45) is 2.04. The van der Waals surface area contributed by atoms with Gasteiger partial charge in [0.05, 0.1) is 0 Å². The standard InChI is InChI=1S/C10H17N3O2/c1-4-8(15-5-2)10(14)11-9-6-7-13(3)12-9/h6-8H,4-5H2,1-3H3,(H,11,12,14)/t8-/m0/s1. The molecule has 1 N–H and O–H groups in total. The fourth-order valence-electron chi connectivity index (χ4n) is 1.27. The van der Waals surface area contributed by atoms with E-state index in [-0.39, 0.29) is 5.91 Å². The van der Waals surface area contributed by atoms with E-state index in [0.29, 0.717) is 18.8 Å². The van der Waals surface area contributed by atoms with Crippen molar-refractivity contribution < 1.29 is 9.53 Å². The second kappa shape index (κ2) is 5.50. The quantitative estimate of drug-likeness (QED) is 0.795. The molecule has 5 nitrogen and oxygen atoms in total. The molecule has 84 valence electrons. The minimum atomic E-state index is -0.392. The second-order valence-electron chi connectivity index (χ2n) is 3.22. The van der Waals surface area contributed by atoms with Crippen molar-refractivity contribution in [2.75, 3.05) is 11.9 Å². The van der Waals surface area contributed by atoms with Crippen LogP contribution in [0.1, 0.15) is 20.3 Å². The van der Waals surface area contributed by atoms with Crippen LogP contribution in [0.3, 0.4) is 0 Å². The van der Waals surface area contributed by atoms with E-state index in [0.717, 1.165) is 0 Å². The molecule has 0 aliphatic heterocycles. The van der Waals surface area contributed by atoms with Gasteiger partial charge < -0.3 is 10.1 Å². The van der Waals surface area contributed by atoms with E-state index in [4.69, 9.17) is 4.74 Å². The average molecular weight is 211 g/mol. The van der Waals surface area contributed by atoms with Crippen LogP contribution in [-0.2, 0) is 16.6 Å². The van der Waals surface area contributed by atoms with Gasteiger partial charge in [-0.25, -0.2) is 0 Å². The topological polar surface area (TPSA) is 56.1 Å². The van der Waals surface area contributed by atoms with Gasteiger partial charge in [0.1, 0.15) is 6.10 Å². The predicted molar refractivity (Wildman–Crippen MR) is 57.5 cm³/mol. The number of aromatic nitrogens is 2. The van der Waals surface area contributed by atoms with Gasteiger partial charge in [0.15, 0.2) is 5.82 Å². The van der Waals surface area contributed by atoms with E-state index in [2.05, 4.69) is 10.4 Å². The normalized spacial score (nSPS) is 12.5. The number of amides is 1. The molecular formula is C10H17N3O2. The highest BCUT2D eigenvalue weighted by Crippen LogP contribution is 2.05. The molecule has 1 aromatic rings. The molecule has 0 radical (unpaired) electrons. The summed E-state index contributed by atoms with van der Waals surface area (Å²) in [5.74, 6) is 0.415. The first kappa shape index (κ1) is 11.7. The first-order valence-corrected chi connectivity index (χ1v) is 5.09. The molecule has 15 heavy (non-hydrogen) atoms. The molecule has 1 aromatic heterocycles. The van der Waals surface area contributed by atoms with Crippen molar-refractivity contribution in [2.24, 2.45) is 7.05 Å². The smallest absolute Gasteiger partial charge is 0.254 e. The summed E-state index contributed by atoms with van der Waals surface area (Å²) in [7, 11) is 1.80. The van der Waals surface area contributed by atoms with Crippen LogP contribution in [-0.4, -0.2) is 28.4 Å². The molecule has 1 atom stereocenters. The minimum absolute atomic E-state index is 0.141. The molecule has 0 fully saturated rings. The van der Waals surface area contributed by atoms with E-state index in [1.165, 1.54) is 0 Å². The number of anilines is 1. The number of hydrogen-bond donors (Lipinski definition) is 1. The molecule has 1 heterocycles. The van der Waals surface area contributed by atoms with Gasteiger partial charge in [-0.2, -0.15) is 5.10 Å². The number of rotatable bonds is 5. The Bertz CT molecular complexity index is 322. The molecule has 0 aliphatic carbocycles. The number of nitrogens with one attached hydrogen (secondary N) is 1. The second-order valence-corrected chi connectivity index (χ2v) is 3.22. The molecule has 0 unspecified atom stereocenters. The first-order chi connectivity index (χ1) is 7.17. The first-order valence-electron chi connectivity index (χ1n) is 5.09. The zero-order valence-electron chi connectivity index (χ0n) is 9.36. The van der Waals surface area contributed by atoms with E-state index in [9.17, 15) is 4.79 Å². The molecule has 1 rings (SSSR count). The zero-order chi connectivity index (χ0) is 11.3. The Balaban J connectivity index is 2.53. The summed E-state index contributed by atoms with van der Waals surface area (Å²) in [6, 6.07) is 1.75. The number of ether oxygens (including phenoxy) is 1. The summed E-state index contributed by atoms with van der Waals surface area (Å²) >= 11 is 0. The van der Waals surface area contributed by atoms with Crippen molar-refractivity contribution >= 4 is 11.7 Å². The van der Waals surface area contributed by atoms with Crippen molar-refractivity contribution in [1.82, 2.24) is 9.78 Å². The summed E-state index contributed by atoms with van der Waals surface area (Å²) < 4.78 is 6.92. The van der Waals surface area contributed by atoms with Gasteiger partial charge in [-0.15, -0.1) is 0 Å². The molecule has 0 bridgehead atoms. The third kappa shape index (κ3) is 3.36. The number of carbonyl (C=O) groups is 1. The van der Waals surface area contributed by atoms with E-state index >= 15 is 0 Å². The van der Waals surface area contributed by atoms with Crippen LogP contribution in [0.2, 0.25) is 0 Å². The van der Waals surface area contributed by atoms with Crippen molar-refractivity contribution in [3.05, 3.63) is 12.3 Å². The van der Waals surface area contributed by atoms with Crippen LogP contribution < -0.4 is 5.32 Å². The molecule has 0 aromatic carbocycles. The third-order valence-corrected chi connectivity index (χ3v) is 2.00. The highest BCUT2D eigenvalue weighted by Gasteiger charge is 2.16. The zero-order valence-corrected chi connectivity index (χ0v) is 9.36. The minimum Gasteiger partial charge on any atom is -0.369 e. The molecule has 0 saturated heterocycles. The Morgan fingerprint density at radius 2 is 2.40 bits per heavy atom. The Morgan fingerprint density at radius 1 is 1.67 bits per heavy atom. The van der Waals surface area contributed by atoms with Crippen LogP contribution in [0.4, 0.5) is 5.82 Å². The van der Waals surface area contributed by atoms with E-state index < -0.39 is 6.10 Å². The number of carbonyl (C=O) groups excluding carboxylic acids is 1.